The van der Waals surface area contributed by atoms with Gasteiger partial charge in [0, 0.05) is 28.0 Å². The standard InChI is InChI=1S/C28H22N.BF4/c1-21-12-8-11-19-26(21)29-20-24-17-9-10-18-25(24)27(22-13-4-2-5-14-22)28(29)23-15-6-3-7-16-23;2-1(3,4)5/h2-20H,1H3;/q+1;-1. The highest BCUT2D eigenvalue weighted by atomic mass is 19.5. The minimum absolute atomic E-state index is 1.20. The number of hydrogen-bond donors (Lipinski definition) is 0. The first-order valence-corrected chi connectivity index (χ1v) is 10.8. The summed E-state index contributed by atoms with van der Waals surface area (Å²) < 4.78 is 41.4. The van der Waals surface area contributed by atoms with Gasteiger partial charge in [0.05, 0.1) is 5.56 Å². The van der Waals surface area contributed by atoms with Crippen LogP contribution in [0.1, 0.15) is 5.56 Å². The molecule has 0 spiro atoms. The highest BCUT2D eigenvalue weighted by Crippen LogP contribution is 2.36. The number of pyridine rings is 1. The Morgan fingerprint density at radius 1 is 0.588 bits per heavy atom. The average Bonchev–Trinajstić information content (AvgIpc) is 2.83. The highest BCUT2D eigenvalue weighted by molar-refractivity contribution is 6.50. The molecule has 0 fully saturated rings. The van der Waals surface area contributed by atoms with Crippen LogP contribution in [0.5, 0.6) is 0 Å². The van der Waals surface area contributed by atoms with Crippen molar-refractivity contribution in [2.75, 3.05) is 0 Å². The normalized spacial score (nSPS) is 11.1. The Kier molecular flexibility index (Phi) is 6.78. The van der Waals surface area contributed by atoms with Crippen molar-refractivity contribution >= 4 is 18.0 Å². The second-order valence-electron chi connectivity index (χ2n) is 7.82. The number of rotatable bonds is 3. The molecule has 34 heavy (non-hydrogen) atoms. The SMILES string of the molecule is Cc1ccccc1-[n+]1cc2ccccc2c(-c2ccccc2)c1-c1ccccc1.F[B-](F)(F)F. The third-order valence-electron chi connectivity index (χ3n) is 5.46. The van der Waals surface area contributed by atoms with Crippen LogP contribution in [0.2, 0.25) is 0 Å². The molecule has 0 radical (unpaired) electrons. The Hall–Kier alpha value is -3.93. The number of para-hydroxylation sites is 1. The molecular weight excluding hydrogens is 437 g/mol. The van der Waals surface area contributed by atoms with Crippen molar-refractivity contribution < 1.29 is 21.8 Å². The smallest absolute Gasteiger partial charge is 0.418 e. The fourth-order valence-corrected chi connectivity index (χ4v) is 4.09. The Morgan fingerprint density at radius 3 is 1.71 bits per heavy atom. The van der Waals surface area contributed by atoms with Crippen molar-refractivity contribution in [2.24, 2.45) is 0 Å². The van der Waals surface area contributed by atoms with E-state index in [0.29, 0.717) is 0 Å². The molecule has 5 aromatic rings. The van der Waals surface area contributed by atoms with Gasteiger partial charge in [0.25, 0.3) is 0 Å². The van der Waals surface area contributed by atoms with Gasteiger partial charge in [-0.05, 0) is 30.7 Å². The maximum Gasteiger partial charge on any atom is 0.673 e. The summed E-state index contributed by atoms with van der Waals surface area (Å²) in [5.41, 5.74) is 7.37. The predicted molar refractivity (Wildman–Crippen MR) is 131 cm³/mol. The van der Waals surface area contributed by atoms with Crippen LogP contribution in [0.15, 0.2) is 115 Å². The summed E-state index contributed by atoms with van der Waals surface area (Å²) in [5, 5.41) is 2.50. The van der Waals surface area contributed by atoms with Gasteiger partial charge >= 0.3 is 7.25 Å². The van der Waals surface area contributed by atoms with E-state index in [1.807, 2.05) is 0 Å². The Bertz CT molecular complexity index is 1400. The Labute approximate surface area is 196 Å². The molecule has 0 atom stereocenters. The van der Waals surface area contributed by atoms with Crippen molar-refractivity contribution in [2.45, 2.75) is 6.92 Å². The van der Waals surface area contributed by atoms with E-state index in [0.717, 1.165) is 0 Å². The molecule has 6 heteroatoms. The molecule has 0 amide bonds. The van der Waals surface area contributed by atoms with Gasteiger partial charge in [0.15, 0.2) is 6.20 Å². The summed E-state index contributed by atoms with van der Waals surface area (Å²) in [5.74, 6) is 0. The summed E-state index contributed by atoms with van der Waals surface area (Å²) >= 11 is 0. The summed E-state index contributed by atoms with van der Waals surface area (Å²) in [4.78, 5) is 0. The second-order valence-corrected chi connectivity index (χ2v) is 7.82. The van der Waals surface area contributed by atoms with Crippen molar-refractivity contribution in [3.05, 3.63) is 121 Å². The molecule has 1 heterocycles. The van der Waals surface area contributed by atoms with Crippen LogP contribution in [-0.2, 0) is 0 Å². The zero-order valence-electron chi connectivity index (χ0n) is 18.5. The maximum atomic E-state index is 9.75. The molecule has 0 aliphatic heterocycles. The maximum absolute atomic E-state index is 9.75. The van der Waals surface area contributed by atoms with Gasteiger partial charge in [0.2, 0.25) is 11.4 Å². The van der Waals surface area contributed by atoms with E-state index in [1.54, 1.807) is 0 Å². The van der Waals surface area contributed by atoms with E-state index in [2.05, 4.69) is 127 Å². The molecule has 0 unspecified atom stereocenters. The molecule has 0 aliphatic rings. The van der Waals surface area contributed by atoms with E-state index < -0.39 is 7.25 Å². The summed E-state index contributed by atoms with van der Waals surface area (Å²) in [6.45, 7) is 2.18. The van der Waals surface area contributed by atoms with Crippen LogP contribution in [0.3, 0.4) is 0 Å². The number of fused-ring (bicyclic) bond motifs is 1. The molecule has 1 aromatic heterocycles. The average molecular weight is 459 g/mol. The van der Waals surface area contributed by atoms with Gasteiger partial charge in [0.1, 0.15) is 0 Å². The first-order chi connectivity index (χ1) is 16.3. The molecule has 5 rings (SSSR count). The van der Waals surface area contributed by atoms with Crippen LogP contribution in [-0.4, -0.2) is 7.25 Å². The van der Waals surface area contributed by atoms with Crippen LogP contribution in [0, 0.1) is 6.92 Å². The van der Waals surface area contributed by atoms with Crippen molar-refractivity contribution in [1.29, 1.82) is 0 Å². The zero-order valence-corrected chi connectivity index (χ0v) is 18.5. The lowest BCUT2D eigenvalue weighted by atomic mass is 9.93. The molecule has 1 nitrogen and oxygen atoms in total. The lowest BCUT2D eigenvalue weighted by Crippen LogP contribution is -2.35. The molecule has 4 aromatic carbocycles. The van der Waals surface area contributed by atoms with E-state index in [1.165, 1.54) is 44.4 Å². The largest absolute Gasteiger partial charge is 0.673 e. The Balaban J connectivity index is 0.000000499. The molecule has 0 bridgehead atoms. The minimum Gasteiger partial charge on any atom is -0.418 e. The van der Waals surface area contributed by atoms with Crippen LogP contribution in [0.4, 0.5) is 17.3 Å². The van der Waals surface area contributed by atoms with E-state index in [-0.39, 0.29) is 0 Å². The van der Waals surface area contributed by atoms with Crippen LogP contribution >= 0.6 is 0 Å². The predicted octanol–water partition coefficient (Wildman–Crippen LogP) is 8.06. The number of halogens is 4. The summed E-state index contributed by atoms with van der Waals surface area (Å²) in [6, 6.07) is 38.7. The molecule has 0 saturated carbocycles. The quantitative estimate of drug-likeness (QED) is 0.146. The Morgan fingerprint density at radius 2 is 1.09 bits per heavy atom. The van der Waals surface area contributed by atoms with Crippen LogP contribution in [0.25, 0.3) is 38.8 Å². The third-order valence-corrected chi connectivity index (χ3v) is 5.46. The van der Waals surface area contributed by atoms with Gasteiger partial charge < -0.3 is 17.3 Å². The summed E-state index contributed by atoms with van der Waals surface area (Å²) in [7, 11) is -6.00. The molecule has 0 N–H and O–H groups in total. The molecule has 170 valence electrons. The first-order valence-electron chi connectivity index (χ1n) is 10.8. The third kappa shape index (κ3) is 5.34. The fraction of sp³-hybridized carbons (Fsp3) is 0.0357. The van der Waals surface area contributed by atoms with Crippen LogP contribution < -0.4 is 4.57 Å². The summed E-state index contributed by atoms with van der Waals surface area (Å²) in [6.07, 6.45) is 2.27. The zero-order chi connectivity index (χ0) is 24.1. The van der Waals surface area contributed by atoms with Crippen molar-refractivity contribution in [3.63, 3.8) is 0 Å². The lowest BCUT2D eigenvalue weighted by Gasteiger charge is -2.14. The topological polar surface area (TPSA) is 3.88 Å². The van der Waals surface area contributed by atoms with Crippen molar-refractivity contribution in [1.82, 2.24) is 0 Å². The van der Waals surface area contributed by atoms with Gasteiger partial charge in [-0.25, -0.2) is 0 Å². The fourth-order valence-electron chi connectivity index (χ4n) is 4.09. The lowest BCUT2D eigenvalue weighted by molar-refractivity contribution is -0.582. The van der Waals surface area contributed by atoms with E-state index in [4.69, 9.17) is 0 Å². The highest BCUT2D eigenvalue weighted by Gasteiger charge is 2.25. The second kappa shape index (κ2) is 9.92. The molecular formula is C28H22BF4N. The van der Waals surface area contributed by atoms with Gasteiger partial charge in [-0.1, -0.05) is 84.9 Å². The number of aromatic nitrogens is 1. The number of hydrogen-bond acceptors (Lipinski definition) is 0. The van der Waals surface area contributed by atoms with Gasteiger partial charge in [-0.15, -0.1) is 0 Å². The minimum atomic E-state index is -6.00. The number of benzene rings is 4. The van der Waals surface area contributed by atoms with E-state index in [9.17, 15) is 17.3 Å². The van der Waals surface area contributed by atoms with Gasteiger partial charge in [-0.2, -0.15) is 4.57 Å². The van der Waals surface area contributed by atoms with Crippen molar-refractivity contribution in [3.8, 4) is 28.1 Å². The number of nitrogens with zero attached hydrogens (tertiary/aromatic N) is 1. The van der Waals surface area contributed by atoms with Gasteiger partial charge in [-0.3, -0.25) is 0 Å². The molecule has 0 saturated heterocycles. The first kappa shape index (κ1) is 23.2. The monoisotopic (exact) mass is 459 g/mol. The molecule has 0 aliphatic carbocycles. The van der Waals surface area contributed by atoms with E-state index >= 15 is 0 Å². The number of aryl methyl sites for hydroxylation is 1.